The van der Waals surface area contributed by atoms with Crippen molar-refractivity contribution in [2.75, 3.05) is 13.2 Å². The Morgan fingerprint density at radius 1 is 1.11 bits per heavy atom. The molecule has 0 saturated carbocycles. The molecule has 2 nitrogen and oxygen atoms in total. The third-order valence-electron chi connectivity index (χ3n) is 6.22. The van der Waals surface area contributed by atoms with Gasteiger partial charge in [-0.2, -0.15) is 0 Å². The Morgan fingerprint density at radius 2 is 1.71 bits per heavy atom. The number of benzene rings is 1. The zero-order valence-electron chi connectivity index (χ0n) is 19.4. The molecule has 1 saturated heterocycles. The van der Waals surface area contributed by atoms with Crippen LogP contribution in [0.4, 0.5) is 0 Å². The van der Waals surface area contributed by atoms with E-state index in [1.807, 2.05) is 0 Å². The van der Waals surface area contributed by atoms with E-state index in [2.05, 4.69) is 107 Å². The lowest BCUT2D eigenvalue weighted by Gasteiger charge is -2.38. The van der Waals surface area contributed by atoms with Gasteiger partial charge in [0.2, 0.25) is 0 Å². The van der Waals surface area contributed by atoms with Gasteiger partial charge < -0.3 is 4.43 Å². The maximum atomic E-state index is 6.69. The van der Waals surface area contributed by atoms with Gasteiger partial charge in [0, 0.05) is 25.0 Å². The normalized spacial score (nSPS) is 23.4. The molecular weight excluding hydrogens is 374 g/mol. The van der Waals surface area contributed by atoms with Crippen LogP contribution < -0.4 is 0 Å². The summed E-state index contributed by atoms with van der Waals surface area (Å²) in [6.45, 7) is 25.9. The summed E-state index contributed by atoms with van der Waals surface area (Å²) in [5.41, 5.74) is 5.51. The van der Waals surface area contributed by atoms with Crippen molar-refractivity contribution in [1.29, 1.82) is 0 Å². The molecule has 0 amide bonds. The maximum absolute atomic E-state index is 6.69. The number of nitrogens with zero attached hydrogens (tertiary/aromatic N) is 1. The molecule has 1 fully saturated rings. The molecule has 0 aliphatic carbocycles. The third-order valence-corrected chi connectivity index (χ3v) is 12.0. The fourth-order valence-corrected chi connectivity index (χ4v) is 6.06. The lowest BCUT2D eigenvalue weighted by atomic mass is 9.97. The highest BCUT2D eigenvalue weighted by atomic mass is 28.4. The zero-order chi connectivity index (χ0) is 21.2. The maximum Gasteiger partial charge on any atom is 0.192 e. The first-order chi connectivity index (χ1) is 12.8. The van der Waals surface area contributed by atoms with E-state index in [1.54, 1.807) is 5.57 Å². The van der Waals surface area contributed by atoms with E-state index in [0.29, 0.717) is 12.0 Å². The average molecular weight is 416 g/mol. The van der Waals surface area contributed by atoms with Crippen molar-refractivity contribution in [3.63, 3.8) is 0 Å². The van der Waals surface area contributed by atoms with Crippen LogP contribution in [0.25, 0.3) is 0 Å². The molecule has 4 heteroatoms. The highest BCUT2D eigenvalue weighted by Gasteiger charge is 2.41. The van der Waals surface area contributed by atoms with Gasteiger partial charge in [0.05, 0.1) is 14.7 Å². The van der Waals surface area contributed by atoms with Crippen molar-refractivity contribution in [2.45, 2.75) is 71.1 Å². The molecule has 0 bridgehead atoms. The molecule has 1 aliphatic heterocycles. The standard InChI is InChI=1S/C24H41NOSi2/c1-10-22-21(19-27(5,6)7)17-25(16-20-14-12-11-13-15-20)23(22)18-26-28(8,9)24(2,3)4/h10-15,19,22-23H,1,16-18H2,2-9H3/b21-19+/t22-,23+/m1/s1. The highest BCUT2D eigenvalue weighted by Crippen LogP contribution is 2.39. The Bertz CT molecular complexity index is 683. The molecule has 0 N–H and O–H groups in total. The van der Waals surface area contributed by atoms with Gasteiger partial charge in [-0.25, -0.2) is 0 Å². The smallest absolute Gasteiger partial charge is 0.192 e. The van der Waals surface area contributed by atoms with Crippen LogP contribution in [-0.2, 0) is 11.0 Å². The highest BCUT2D eigenvalue weighted by molar-refractivity contribution is 6.81. The van der Waals surface area contributed by atoms with E-state index < -0.39 is 16.4 Å². The molecule has 1 aromatic rings. The van der Waals surface area contributed by atoms with E-state index in [4.69, 9.17) is 4.43 Å². The Balaban J connectivity index is 2.29. The van der Waals surface area contributed by atoms with Gasteiger partial charge in [-0.1, -0.05) is 88.1 Å². The summed E-state index contributed by atoms with van der Waals surface area (Å²) in [6, 6.07) is 11.2. The predicted octanol–water partition coefficient (Wildman–Crippen LogP) is 6.50. The minimum Gasteiger partial charge on any atom is -0.415 e. The van der Waals surface area contributed by atoms with E-state index in [-0.39, 0.29) is 5.04 Å². The predicted molar refractivity (Wildman–Crippen MR) is 129 cm³/mol. The molecule has 2 rings (SSSR count). The van der Waals surface area contributed by atoms with E-state index in [9.17, 15) is 0 Å². The van der Waals surface area contributed by atoms with Crippen LogP contribution in [0.3, 0.4) is 0 Å². The first kappa shape index (κ1) is 23.3. The molecule has 2 atom stereocenters. The van der Waals surface area contributed by atoms with Crippen molar-refractivity contribution in [1.82, 2.24) is 4.90 Å². The van der Waals surface area contributed by atoms with Crippen LogP contribution in [0.1, 0.15) is 26.3 Å². The molecule has 0 radical (unpaired) electrons. The first-order valence-corrected chi connectivity index (χ1v) is 17.1. The summed E-state index contributed by atoms with van der Waals surface area (Å²) < 4.78 is 6.69. The van der Waals surface area contributed by atoms with Crippen LogP contribution in [0, 0.1) is 5.92 Å². The van der Waals surface area contributed by atoms with Crippen molar-refractivity contribution >= 4 is 16.4 Å². The Morgan fingerprint density at radius 3 is 2.21 bits per heavy atom. The molecule has 28 heavy (non-hydrogen) atoms. The Kier molecular flexibility index (Phi) is 7.35. The fourth-order valence-electron chi connectivity index (χ4n) is 3.65. The minimum atomic E-state index is -1.78. The summed E-state index contributed by atoms with van der Waals surface area (Å²) in [5, 5.41) is 0.233. The number of rotatable bonds is 7. The fraction of sp³-hybridized carbons (Fsp3) is 0.583. The molecule has 0 aromatic heterocycles. The van der Waals surface area contributed by atoms with Crippen molar-refractivity contribution in [3.8, 4) is 0 Å². The van der Waals surface area contributed by atoms with Gasteiger partial charge >= 0.3 is 0 Å². The first-order valence-electron chi connectivity index (χ1n) is 10.6. The average Bonchev–Trinajstić information content (AvgIpc) is 2.87. The summed E-state index contributed by atoms with van der Waals surface area (Å²) in [5.74, 6) is 0.389. The number of likely N-dealkylation sites (tertiary alicyclic amines) is 1. The third kappa shape index (κ3) is 6.02. The molecule has 1 aromatic carbocycles. The molecular formula is C24H41NOSi2. The van der Waals surface area contributed by atoms with Crippen molar-refractivity contribution < 1.29 is 4.43 Å². The molecule has 0 unspecified atom stereocenters. The summed E-state index contributed by atoms with van der Waals surface area (Å²) in [4.78, 5) is 2.61. The monoisotopic (exact) mass is 415 g/mol. The Hall–Kier alpha value is -0.946. The van der Waals surface area contributed by atoms with Crippen LogP contribution >= 0.6 is 0 Å². The summed E-state index contributed by atoms with van der Waals surface area (Å²) in [6.07, 6.45) is 2.16. The van der Waals surface area contributed by atoms with Crippen molar-refractivity contribution in [2.24, 2.45) is 5.92 Å². The topological polar surface area (TPSA) is 12.5 Å². The number of hydrogen-bond acceptors (Lipinski definition) is 2. The summed E-state index contributed by atoms with van der Waals surface area (Å²) >= 11 is 0. The zero-order valence-corrected chi connectivity index (χ0v) is 21.4. The van der Waals surface area contributed by atoms with Crippen LogP contribution in [0.2, 0.25) is 37.8 Å². The van der Waals surface area contributed by atoms with Gasteiger partial charge in [-0.15, -0.1) is 6.58 Å². The lowest BCUT2D eigenvalue weighted by Crippen LogP contribution is -2.45. The van der Waals surface area contributed by atoms with Crippen molar-refractivity contribution in [3.05, 3.63) is 59.8 Å². The second-order valence-electron chi connectivity index (χ2n) is 10.9. The SMILES string of the molecule is C=C[C@@H]1/C(=C/[Si](C)(C)C)CN(Cc2ccccc2)[C@H]1CO[Si](C)(C)C(C)(C)C. The van der Waals surface area contributed by atoms with Gasteiger partial charge in [-0.05, 0) is 23.7 Å². The van der Waals surface area contributed by atoms with E-state index >= 15 is 0 Å². The minimum absolute atomic E-state index is 0.233. The second kappa shape index (κ2) is 8.82. The van der Waals surface area contributed by atoms with Gasteiger partial charge in [0.25, 0.3) is 0 Å². The van der Waals surface area contributed by atoms with E-state index in [1.165, 1.54) is 5.56 Å². The quantitative estimate of drug-likeness (QED) is 0.372. The summed E-state index contributed by atoms with van der Waals surface area (Å²) in [7, 11) is -3.07. The van der Waals surface area contributed by atoms with Crippen LogP contribution in [0.5, 0.6) is 0 Å². The lowest BCUT2D eigenvalue weighted by molar-refractivity contribution is 0.144. The molecule has 0 spiro atoms. The number of hydrogen-bond donors (Lipinski definition) is 0. The van der Waals surface area contributed by atoms with Gasteiger partial charge in [0.15, 0.2) is 8.32 Å². The van der Waals surface area contributed by atoms with E-state index in [0.717, 1.165) is 19.7 Å². The molecule has 156 valence electrons. The molecule has 1 heterocycles. The Labute approximate surface area is 175 Å². The largest absolute Gasteiger partial charge is 0.415 e. The second-order valence-corrected chi connectivity index (χ2v) is 20.7. The molecule has 1 aliphatic rings. The van der Waals surface area contributed by atoms with Crippen LogP contribution in [-0.4, -0.2) is 40.5 Å². The van der Waals surface area contributed by atoms with Gasteiger partial charge in [0.1, 0.15) is 0 Å². The van der Waals surface area contributed by atoms with Crippen LogP contribution in [0.15, 0.2) is 54.3 Å². The van der Waals surface area contributed by atoms with Gasteiger partial charge in [-0.3, -0.25) is 4.90 Å².